The lowest BCUT2D eigenvalue weighted by atomic mass is 10.1. The van der Waals surface area contributed by atoms with Crippen LogP contribution in [-0.4, -0.2) is 29.4 Å². The van der Waals surface area contributed by atoms with E-state index in [-0.39, 0.29) is 5.91 Å². The number of aromatic nitrogens is 1. The molecule has 4 heteroatoms. The first-order valence-electron chi connectivity index (χ1n) is 6.50. The minimum absolute atomic E-state index is 0.0340. The average molecular weight is 289 g/mol. The number of amides is 1. The highest BCUT2D eigenvalue weighted by Crippen LogP contribution is 2.12. The van der Waals surface area contributed by atoms with Gasteiger partial charge in [-0.1, -0.05) is 41.9 Å². The van der Waals surface area contributed by atoms with Crippen molar-refractivity contribution in [2.75, 3.05) is 13.6 Å². The summed E-state index contributed by atoms with van der Waals surface area (Å²) in [7, 11) is 1.80. The molecule has 0 aliphatic rings. The summed E-state index contributed by atoms with van der Waals surface area (Å²) in [6.45, 7) is 2.49. The summed E-state index contributed by atoms with van der Waals surface area (Å²) in [5.41, 5.74) is 2.55. The summed E-state index contributed by atoms with van der Waals surface area (Å²) >= 11 is 5.89. The number of hydrogen-bond acceptors (Lipinski definition) is 2. The third-order valence-electron chi connectivity index (χ3n) is 3.09. The smallest absolute Gasteiger partial charge is 0.253 e. The van der Waals surface area contributed by atoms with Gasteiger partial charge in [0.25, 0.3) is 5.91 Å². The van der Waals surface area contributed by atoms with Gasteiger partial charge in [0.1, 0.15) is 5.15 Å². The van der Waals surface area contributed by atoms with Gasteiger partial charge in [0.15, 0.2) is 0 Å². The molecule has 1 heterocycles. The van der Waals surface area contributed by atoms with Crippen LogP contribution in [0.1, 0.15) is 21.6 Å². The highest BCUT2D eigenvalue weighted by Gasteiger charge is 2.13. The molecule has 0 saturated heterocycles. The second kappa shape index (κ2) is 6.53. The number of nitrogens with zero attached hydrogens (tertiary/aromatic N) is 2. The van der Waals surface area contributed by atoms with Crippen molar-refractivity contribution in [3.8, 4) is 0 Å². The van der Waals surface area contributed by atoms with Crippen LogP contribution >= 0.6 is 11.6 Å². The van der Waals surface area contributed by atoms with Gasteiger partial charge in [-0.15, -0.1) is 0 Å². The number of benzene rings is 1. The molecule has 2 aromatic rings. The van der Waals surface area contributed by atoms with Crippen LogP contribution in [0.4, 0.5) is 0 Å². The third-order valence-corrected chi connectivity index (χ3v) is 3.29. The van der Waals surface area contributed by atoms with Crippen molar-refractivity contribution >= 4 is 17.5 Å². The first-order valence-corrected chi connectivity index (χ1v) is 6.87. The molecule has 0 atom stereocenters. The van der Waals surface area contributed by atoms with E-state index in [0.717, 1.165) is 12.1 Å². The minimum atomic E-state index is -0.0340. The fourth-order valence-corrected chi connectivity index (χ4v) is 2.27. The summed E-state index contributed by atoms with van der Waals surface area (Å²) in [4.78, 5) is 18.1. The van der Waals surface area contributed by atoms with Gasteiger partial charge in [-0.3, -0.25) is 4.79 Å². The molecule has 0 saturated carbocycles. The number of pyridine rings is 1. The highest BCUT2D eigenvalue weighted by atomic mass is 35.5. The van der Waals surface area contributed by atoms with Crippen LogP contribution in [-0.2, 0) is 6.42 Å². The molecule has 0 radical (unpaired) electrons. The van der Waals surface area contributed by atoms with Crippen LogP contribution in [0.2, 0.25) is 5.15 Å². The molecule has 2 rings (SSSR count). The maximum atomic E-state index is 12.3. The Morgan fingerprint density at radius 1 is 1.25 bits per heavy atom. The van der Waals surface area contributed by atoms with E-state index in [9.17, 15) is 4.79 Å². The number of hydrogen-bond donors (Lipinski definition) is 0. The molecule has 20 heavy (non-hydrogen) atoms. The van der Waals surface area contributed by atoms with Gasteiger partial charge in [-0.25, -0.2) is 4.98 Å². The van der Waals surface area contributed by atoms with E-state index >= 15 is 0 Å². The van der Waals surface area contributed by atoms with Gasteiger partial charge in [-0.2, -0.15) is 0 Å². The monoisotopic (exact) mass is 288 g/mol. The summed E-state index contributed by atoms with van der Waals surface area (Å²) in [6, 6.07) is 13.5. The molecule has 0 aliphatic heterocycles. The second-order valence-electron chi connectivity index (χ2n) is 4.78. The molecular formula is C16H17ClN2O. The van der Waals surface area contributed by atoms with Crippen LogP contribution in [0.25, 0.3) is 0 Å². The van der Waals surface area contributed by atoms with Crippen molar-refractivity contribution in [2.24, 2.45) is 0 Å². The number of likely N-dealkylation sites (N-methyl/N-ethyl adjacent to an activating group) is 1. The quantitative estimate of drug-likeness (QED) is 0.808. The van der Waals surface area contributed by atoms with Gasteiger partial charge >= 0.3 is 0 Å². The van der Waals surface area contributed by atoms with E-state index in [4.69, 9.17) is 11.6 Å². The summed E-state index contributed by atoms with van der Waals surface area (Å²) in [5.74, 6) is -0.0340. The summed E-state index contributed by atoms with van der Waals surface area (Å²) in [6.07, 6.45) is 0.834. The number of rotatable bonds is 4. The number of aryl methyl sites for hydroxylation is 1. The Labute approximate surface area is 124 Å². The van der Waals surface area contributed by atoms with Gasteiger partial charge < -0.3 is 4.90 Å². The molecule has 0 spiro atoms. The molecule has 3 nitrogen and oxygen atoms in total. The van der Waals surface area contributed by atoms with Crippen molar-refractivity contribution < 1.29 is 4.79 Å². The number of halogens is 1. The fraction of sp³-hybridized carbons (Fsp3) is 0.250. The fourth-order valence-electron chi connectivity index (χ4n) is 2.01. The molecule has 1 aromatic carbocycles. The first-order chi connectivity index (χ1) is 9.56. The van der Waals surface area contributed by atoms with Crippen LogP contribution in [0.15, 0.2) is 42.5 Å². The van der Waals surface area contributed by atoms with Crippen molar-refractivity contribution in [3.05, 3.63) is 64.4 Å². The maximum absolute atomic E-state index is 12.3. The number of carbonyl (C=O) groups is 1. The van der Waals surface area contributed by atoms with Gasteiger partial charge in [-0.05, 0) is 31.0 Å². The average Bonchev–Trinajstić information content (AvgIpc) is 2.44. The van der Waals surface area contributed by atoms with E-state index in [1.54, 1.807) is 24.1 Å². The predicted octanol–water partition coefficient (Wildman–Crippen LogP) is 3.36. The van der Waals surface area contributed by atoms with Crippen molar-refractivity contribution in [1.29, 1.82) is 0 Å². The van der Waals surface area contributed by atoms with E-state index in [1.807, 2.05) is 25.1 Å². The van der Waals surface area contributed by atoms with Crippen LogP contribution in [0.5, 0.6) is 0 Å². The van der Waals surface area contributed by atoms with Gasteiger partial charge in [0.05, 0.1) is 0 Å². The minimum Gasteiger partial charge on any atom is -0.341 e. The molecule has 0 N–H and O–H groups in total. The molecule has 0 aliphatic carbocycles. The molecule has 0 fully saturated rings. The lowest BCUT2D eigenvalue weighted by Gasteiger charge is -2.17. The van der Waals surface area contributed by atoms with Crippen LogP contribution in [0.3, 0.4) is 0 Å². The topological polar surface area (TPSA) is 33.2 Å². The molecule has 1 amide bonds. The lowest BCUT2D eigenvalue weighted by Crippen LogP contribution is -2.29. The number of carbonyl (C=O) groups excluding carboxylic acids is 1. The Morgan fingerprint density at radius 2 is 1.95 bits per heavy atom. The maximum Gasteiger partial charge on any atom is 0.253 e. The Bertz CT molecular complexity index is 578. The Kier molecular flexibility index (Phi) is 4.74. The summed E-state index contributed by atoms with van der Waals surface area (Å²) < 4.78 is 0. The van der Waals surface area contributed by atoms with Crippen molar-refractivity contribution in [2.45, 2.75) is 13.3 Å². The zero-order valence-electron chi connectivity index (χ0n) is 11.6. The SMILES string of the molecule is Cc1cc(C(=O)N(C)CCc2ccccc2)cc(Cl)n1. The van der Waals surface area contributed by atoms with Crippen LogP contribution in [0, 0.1) is 6.92 Å². The standard InChI is InChI=1S/C16H17ClN2O/c1-12-10-14(11-15(17)18-12)16(20)19(2)9-8-13-6-4-3-5-7-13/h3-7,10-11H,8-9H2,1-2H3. The normalized spacial score (nSPS) is 10.3. The first kappa shape index (κ1) is 14.5. The van der Waals surface area contributed by atoms with E-state index in [2.05, 4.69) is 17.1 Å². The molecule has 1 aromatic heterocycles. The highest BCUT2D eigenvalue weighted by molar-refractivity contribution is 6.29. The Balaban J connectivity index is 2.01. The van der Waals surface area contributed by atoms with Crippen molar-refractivity contribution in [1.82, 2.24) is 9.88 Å². The molecule has 104 valence electrons. The van der Waals surface area contributed by atoms with Crippen molar-refractivity contribution in [3.63, 3.8) is 0 Å². The van der Waals surface area contributed by atoms with E-state index < -0.39 is 0 Å². The molecule has 0 unspecified atom stereocenters. The van der Waals surface area contributed by atoms with Gasteiger partial charge in [0.2, 0.25) is 0 Å². The zero-order valence-corrected chi connectivity index (χ0v) is 12.4. The molecular weight excluding hydrogens is 272 g/mol. The predicted molar refractivity (Wildman–Crippen MR) is 81.1 cm³/mol. The Hall–Kier alpha value is -1.87. The van der Waals surface area contributed by atoms with E-state index in [0.29, 0.717) is 17.3 Å². The van der Waals surface area contributed by atoms with Crippen LogP contribution < -0.4 is 0 Å². The lowest BCUT2D eigenvalue weighted by molar-refractivity contribution is 0.0796. The Morgan fingerprint density at radius 3 is 2.60 bits per heavy atom. The van der Waals surface area contributed by atoms with E-state index in [1.165, 1.54) is 5.56 Å². The summed E-state index contributed by atoms with van der Waals surface area (Å²) in [5, 5.41) is 0.352. The molecule has 0 bridgehead atoms. The zero-order chi connectivity index (χ0) is 14.5. The van der Waals surface area contributed by atoms with Gasteiger partial charge in [0, 0.05) is 24.8 Å². The largest absolute Gasteiger partial charge is 0.341 e. The third kappa shape index (κ3) is 3.81. The second-order valence-corrected chi connectivity index (χ2v) is 5.17.